The summed E-state index contributed by atoms with van der Waals surface area (Å²) in [5, 5.41) is 2.17. The molecule has 0 aliphatic carbocycles. The highest BCUT2D eigenvalue weighted by molar-refractivity contribution is 6.11. The van der Waals surface area contributed by atoms with Crippen molar-refractivity contribution in [3.05, 3.63) is 144 Å². The maximum absolute atomic E-state index is 6.95. The molecule has 1 aliphatic heterocycles. The molecule has 55 heavy (non-hydrogen) atoms. The van der Waals surface area contributed by atoms with Gasteiger partial charge in [-0.15, -0.1) is 0 Å². The average Bonchev–Trinajstić information content (AvgIpc) is 3.84. The van der Waals surface area contributed by atoms with Crippen molar-refractivity contribution in [2.75, 3.05) is 6.61 Å². The number of ether oxygens (including phenoxy) is 1. The summed E-state index contributed by atoms with van der Waals surface area (Å²) >= 11 is 0. The second kappa shape index (κ2) is 13.1. The van der Waals surface area contributed by atoms with E-state index in [9.17, 15) is 0 Å². The molecule has 0 bridgehead atoms. The minimum absolute atomic E-state index is 0.237. The fraction of sp³-hybridized carbons (Fsp3) is 0.240. The second-order valence-corrected chi connectivity index (χ2v) is 16.4. The quantitative estimate of drug-likeness (QED) is 0.154. The van der Waals surface area contributed by atoms with Crippen molar-refractivity contribution in [2.24, 2.45) is 12.0 Å². The normalized spacial score (nSPS) is 14.1. The van der Waals surface area contributed by atoms with E-state index in [0.717, 1.165) is 55.5 Å². The van der Waals surface area contributed by atoms with Crippen LogP contribution in [0.1, 0.15) is 75.6 Å². The van der Waals surface area contributed by atoms with Crippen LogP contribution >= 0.6 is 0 Å². The number of imidazole rings is 1. The van der Waals surface area contributed by atoms with Gasteiger partial charge in [0.05, 0.1) is 12.6 Å². The number of fused-ring (bicyclic) bond motifs is 4. The Kier molecular flexibility index (Phi) is 8.30. The highest BCUT2D eigenvalue weighted by atomic mass is 16.5. The lowest BCUT2D eigenvalue weighted by molar-refractivity contribution is -0.633. The van der Waals surface area contributed by atoms with Crippen molar-refractivity contribution in [3.63, 3.8) is 0 Å². The van der Waals surface area contributed by atoms with Crippen LogP contribution in [-0.2, 0) is 11.8 Å². The van der Waals surface area contributed by atoms with Gasteiger partial charge in [0.2, 0.25) is 5.90 Å². The Morgan fingerprint density at radius 1 is 0.673 bits per heavy atom. The van der Waals surface area contributed by atoms with Crippen LogP contribution in [0.5, 0.6) is 0 Å². The van der Waals surface area contributed by atoms with Gasteiger partial charge in [-0.3, -0.25) is 0 Å². The van der Waals surface area contributed by atoms with Gasteiger partial charge in [-0.1, -0.05) is 107 Å². The molecule has 5 nitrogen and oxygen atoms in total. The summed E-state index contributed by atoms with van der Waals surface area (Å²) < 4.78 is 17.8. The first-order chi connectivity index (χ1) is 26.5. The fourth-order valence-electron chi connectivity index (χ4n) is 8.37. The van der Waals surface area contributed by atoms with E-state index in [1.807, 2.05) is 0 Å². The van der Waals surface area contributed by atoms with Crippen LogP contribution in [0.15, 0.2) is 131 Å². The van der Waals surface area contributed by atoms with E-state index in [1.54, 1.807) is 0 Å². The molecule has 5 heteroatoms. The minimum Gasteiger partial charge on any atom is -0.475 e. The summed E-state index contributed by atoms with van der Waals surface area (Å²) in [5.74, 6) is 2.30. The van der Waals surface area contributed by atoms with E-state index in [-0.39, 0.29) is 17.4 Å². The number of rotatable bonds is 7. The summed E-state index contributed by atoms with van der Waals surface area (Å²) in [6.45, 7) is 16.2. The monoisotopic (exact) mass is 722 g/mol. The fourth-order valence-corrected chi connectivity index (χ4v) is 8.37. The number of aromatic nitrogens is 2. The number of hydrogen-bond acceptors (Lipinski definition) is 3. The largest absolute Gasteiger partial charge is 0.475 e. The highest BCUT2D eigenvalue weighted by Gasteiger charge is 2.34. The SMILES string of the molecule is Cc1ccc2c(oc3cc(C4=NC(C)(C)CO4)ccc32)c1-c1n(-c2c(C(C)C)cc(-c3ccc(-c4ccccc4)cc3)cc2C(C)C)c2ccccc2[n+]1C. The van der Waals surface area contributed by atoms with Gasteiger partial charge in [0, 0.05) is 27.5 Å². The third-order valence-electron chi connectivity index (χ3n) is 11.3. The van der Waals surface area contributed by atoms with Crippen LogP contribution in [0.2, 0.25) is 0 Å². The molecular formula is C50H48N3O2+. The molecule has 0 atom stereocenters. The zero-order chi connectivity index (χ0) is 38.2. The standard InChI is InChI=1S/C50H48N3O2/c1-30(2)40-26-37(35-21-19-34(20-22-35)33-14-10-9-11-15-33)27-41(31(3)4)46(40)53-43-17-13-12-16-42(43)52(8)49(53)45-32(5)18-24-39-38-25-23-36(28-44(38)55-47(39)45)48-51-50(6,7)29-54-48/h9-28,30-31H,29H2,1-8H3/q+1. The number of nitrogens with zero attached hydrogens (tertiary/aromatic N) is 3. The molecule has 0 N–H and O–H groups in total. The Hall–Kier alpha value is -5.94. The maximum Gasteiger partial charge on any atom is 0.299 e. The third-order valence-corrected chi connectivity index (χ3v) is 11.3. The first-order valence-electron chi connectivity index (χ1n) is 19.5. The molecule has 0 spiro atoms. The zero-order valence-electron chi connectivity index (χ0n) is 33.1. The first kappa shape index (κ1) is 34.8. The first-order valence-corrected chi connectivity index (χ1v) is 19.5. The van der Waals surface area contributed by atoms with Crippen LogP contribution in [-0.4, -0.2) is 22.6 Å². The molecule has 1 aliphatic rings. The van der Waals surface area contributed by atoms with Crippen molar-refractivity contribution in [1.29, 1.82) is 0 Å². The highest BCUT2D eigenvalue weighted by Crippen LogP contribution is 2.43. The molecule has 0 fully saturated rings. The predicted molar refractivity (Wildman–Crippen MR) is 228 cm³/mol. The Morgan fingerprint density at radius 2 is 1.27 bits per heavy atom. The Bertz CT molecular complexity index is 2770. The van der Waals surface area contributed by atoms with Crippen molar-refractivity contribution < 1.29 is 13.7 Å². The van der Waals surface area contributed by atoms with Gasteiger partial charge in [0.25, 0.3) is 5.82 Å². The Labute approximate surface area is 323 Å². The van der Waals surface area contributed by atoms with Crippen LogP contribution in [0.4, 0.5) is 0 Å². The minimum atomic E-state index is -0.237. The van der Waals surface area contributed by atoms with Crippen molar-refractivity contribution >= 4 is 38.9 Å². The number of hydrogen-bond donors (Lipinski definition) is 0. The van der Waals surface area contributed by atoms with Gasteiger partial charge in [-0.25, -0.2) is 9.56 Å². The van der Waals surface area contributed by atoms with E-state index < -0.39 is 0 Å². The Morgan fingerprint density at radius 3 is 1.93 bits per heavy atom. The topological polar surface area (TPSA) is 43.5 Å². The molecule has 0 radical (unpaired) electrons. The zero-order valence-corrected chi connectivity index (χ0v) is 33.1. The number of para-hydroxylation sites is 2. The summed E-state index contributed by atoms with van der Waals surface area (Å²) in [7, 11) is 2.19. The third kappa shape index (κ3) is 5.85. The molecule has 0 amide bonds. The molecular weight excluding hydrogens is 675 g/mol. The van der Waals surface area contributed by atoms with E-state index >= 15 is 0 Å². The van der Waals surface area contributed by atoms with Gasteiger partial charge in [0.15, 0.2) is 16.6 Å². The number of aryl methyl sites for hydroxylation is 2. The lowest BCUT2D eigenvalue weighted by Gasteiger charge is -2.21. The van der Waals surface area contributed by atoms with E-state index in [0.29, 0.717) is 12.5 Å². The molecule has 3 heterocycles. The second-order valence-electron chi connectivity index (χ2n) is 16.4. The molecule has 9 rings (SSSR count). The van der Waals surface area contributed by atoms with Crippen molar-refractivity contribution in [1.82, 2.24) is 4.57 Å². The van der Waals surface area contributed by atoms with Crippen LogP contribution < -0.4 is 4.57 Å². The summed E-state index contributed by atoms with van der Waals surface area (Å²) in [6, 6.07) is 44.0. The lowest BCUT2D eigenvalue weighted by Crippen LogP contribution is -2.30. The van der Waals surface area contributed by atoms with E-state index in [4.69, 9.17) is 14.1 Å². The number of aliphatic imine (C=N–C) groups is 1. The number of furan rings is 1. The maximum atomic E-state index is 6.95. The van der Waals surface area contributed by atoms with Gasteiger partial charge >= 0.3 is 0 Å². The summed E-state index contributed by atoms with van der Waals surface area (Å²) in [5.41, 5.74) is 15.8. The molecule has 8 aromatic rings. The van der Waals surface area contributed by atoms with Crippen LogP contribution in [0.25, 0.3) is 72.3 Å². The van der Waals surface area contributed by atoms with Gasteiger partial charge < -0.3 is 9.15 Å². The summed E-state index contributed by atoms with van der Waals surface area (Å²) in [6.07, 6.45) is 0. The molecule has 2 aromatic heterocycles. The Balaban J connectivity index is 1.28. The molecule has 0 saturated carbocycles. The smallest absolute Gasteiger partial charge is 0.299 e. The number of benzene rings is 6. The average molecular weight is 723 g/mol. The van der Waals surface area contributed by atoms with E-state index in [1.165, 1.54) is 39.1 Å². The van der Waals surface area contributed by atoms with Gasteiger partial charge in [0.1, 0.15) is 23.4 Å². The van der Waals surface area contributed by atoms with Gasteiger partial charge in [-0.05, 0) is 103 Å². The molecule has 274 valence electrons. The molecule has 0 saturated heterocycles. The van der Waals surface area contributed by atoms with Crippen LogP contribution in [0, 0.1) is 6.92 Å². The summed E-state index contributed by atoms with van der Waals surface area (Å²) in [4.78, 5) is 4.84. The predicted octanol–water partition coefficient (Wildman–Crippen LogP) is 12.5. The van der Waals surface area contributed by atoms with Crippen molar-refractivity contribution in [2.45, 2.75) is 65.8 Å². The molecule has 0 unspecified atom stereocenters. The lowest BCUT2D eigenvalue weighted by atomic mass is 9.87. The van der Waals surface area contributed by atoms with E-state index in [2.05, 4.69) is 186 Å². The van der Waals surface area contributed by atoms with Crippen molar-refractivity contribution in [3.8, 4) is 39.3 Å². The van der Waals surface area contributed by atoms with Crippen LogP contribution in [0.3, 0.4) is 0 Å². The van der Waals surface area contributed by atoms with Gasteiger partial charge in [-0.2, -0.15) is 4.57 Å². The molecule has 6 aromatic carbocycles.